The van der Waals surface area contributed by atoms with Gasteiger partial charge in [0.1, 0.15) is 0 Å². The molecule has 2 heterocycles. The Labute approximate surface area is 119 Å². The minimum atomic E-state index is -0.678. The molecule has 2 aliphatic rings. The molecule has 0 aliphatic carbocycles. The van der Waals surface area contributed by atoms with E-state index in [9.17, 15) is 9.59 Å². The van der Waals surface area contributed by atoms with Crippen molar-refractivity contribution in [2.45, 2.75) is 39.1 Å². The van der Waals surface area contributed by atoms with Gasteiger partial charge in [0.05, 0.1) is 38.4 Å². The van der Waals surface area contributed by atoms with Crippen LogP contribution in [0, 0.1) is 11.8 Å². The number of methoxy groups -OCH3 is 1. The summed E-state index contributed by atoms with van der Waals surface area (Å²) in [4.78, 5) is 25.9. The van der Waals surface area contributed by atoms with Crippen LogP contribution in [-0.2, 0) is 23.8 Å². The third kappa shape index (κ3) is 2.81. The largest absolute Gasteiger partial charge is 0.467 e. The maximum absolute atomic E-state index is 12.7. The van der Waals surface area contributed by atoms with Crippen molar-refractivity contribution >= 4 is 11.9 Å². The van der Waals surface area contributed by atoms with E-state index in [-0.39, 0.29) is 36.5 Å². The standard InChI is InChI=1S/C14H23NO5/c1-8-9(2)20-10(3)12(8)13(16)15-5-6-19-11(7-15)14(17)18-4/h8-12H,5-7H2,1-4H3. The molecule has 5 atom stereocenters. The second-order valence-corrected chi connectivity index (χ2v) is 5.60. The lowest BCUT2D eigenvalue weighted by atomic mass is 9.88. The molecule has 2 saturated heterocycles. The summed E-state index contributed by atoms with van der Waals surface area (Å²) in [6.07, 6.45) is -0.689. The van der Waals surface area contributed by atoms with Gasteiger partial charge >= 0.3 is 5.97 Å². The van der Waals surface area contributed by atoms with E-state index in [4.69, 9.17) is 9.47 Å². The van der Waals surface area contributed by atoms with Gasteiger partial charge in [0, 0.05) is 6.54 Å². The Morgan fingerprint density at radius 2 is 1.90 bits per heavy atom. The predicted octanol–water partition coefficient (Wildman–Crippen LogP) is 0.446. The Bertz CT molecular complexity index is 386. The molecule has 2 aliphatic heterocycles. The van der Waals surface area contributed by atoms with Crippen LogP contribution in [0.4, 0.5) is 0 Å². The minimum Gasteiger partial charge on any atom is -0.467 e. The lowest BCUT2D eigenvalue weighted by Crippen LogP contribution is -2.52. The molecule has 6 nitrogen and oxygen atoms in total. The number of carbonyl (C=O) groups excluding carboxylic acids is 2. The monoisotopic (exact) mass is 285 g/mol. The zero-order valence-electron chi connectivity index (χ0n) is 12.5. The highest BCUT2D eigenvalue weighted by molar-refractivity contribution is 5.82. The first kappa shape index (κ1) is 15.3. The summed E-state index contributed by atoms with van der Waals surface area (Å²) in [6, 6.07) is 0. The summed E-state index contributed by atoms with van der Waals surface area (Å²) in [5.41, 5.74) is 0. The topological polar surface area (TPSA) is 65.1 Å². The maximum atomic E-state index is 12.7. The molecule has 0 aromatic heterocycles. The summed E-state index contributed by atoms with van der Waals surface area (Å²) in [7, 11) is 1.32. The van der Waals surface area contributed by atoms with Gasteiger partial charge in [-0.1, -0.05) is 6.92 Å². The molecular weight excluding hydrogens is 262 g/mol. The fraction of sp³-hybridized carbons (Fsp3) is 0.857. The highest BCUT2D eigenvalue weighted by Crippen LogP contribution is 2.33. The van der Waals surface area contributed by atoms with Crippen LogP contribution >= 0.6 is 0 Å². The van der Waals surface area contributed by atoms with Gasteiger partial charge in [0.15, 0.2) is 6.10 Å². The van der Waals surface area contributed by atoms with E-state index in [0.717, 1.165) is 0 Å². The fourth-order valence-corrected chi connectivity index (χ4v) is 3.03. The summed E-state index contributed by atoms with van der Waals surface area (Å²) in [6.45, 7) is 7.09. The number of hydrogen-bond donors (Lipinski definition) is 0. The molecule has 0 N–H and O–H groups in total. The number of carbonyl (C=O) groups is 2. The van der Waals surface area contributed by atoms with Gasteiger partial charge in [-0.15, -0.1) is 0 Å². The van der Waals surface area contributed by atoms with Crippen molar-refractivity contribution in [1.82, 2.24) is 4.90 Å². The Balaban J connectivity index is 2.03. The number of esters is 1. The Morgan fingerprint density at radius 1 is 1.20 bits per heavy atom. The van der Waals surface area contributed by atoms with Crippen LogP contribution in [0.5, 0.6) is 0 Å². The van der Waals surface area contributed by atoms with E-state index >= 15 is 0 Å². The molecular formula is C14H23NO5. The average molecular weight is 285 g/mol. The number of rotatable bonds is 2. The molecule has 114 valence electrons. The van der Waals surface area contributed by atoms with Crippen LogP contribution in [-0.4, -0.2) is 61.9 Å². The smallest absolute Gasteiger partial charge is 0.336 e. The van der Waals surface area contributed by atoms with Crippen molar-refractivity contribution in [2.75, 3.05) is 26.8 Å². The molecule has 0 saturated carbocycles. The van der Waals surface area contributed by atoms with E-state index < -0.39 is 12.1 Å². The van der Waals surface area contributed by atoms with Crippen molar-refractivity contribution in [1.29, 1.82) is 0 Å². The van der Waals surface area contributed by atoms with Crippen LogP contribution in [0.25, 0.3) is 0 Å². The molecule has 0 radical (unpaired) electrons. The second kappa shape index (κ2) is 6.10. The number of morpholine rings is 1. The molecule has 20 heavy (non-hydrogen) atoms. The third-order valence-electron chi connectivity index (χ3n) is 4.37. The van der Waals surface area contributed by atoms with Crippen LogP contribution in [0.1, 0.15) is 20.8 Å². The van der Waals surface area contributed by atoms with E-state index in [2.05, 4.69) is 4.74 Å². The molecule has 6 heteroatoms. The van der Waals surface area contributed by atoms with Crippen LogP contribution in [0.3, 0.4) is 0 Å². The molecule has 2 fully saturated rings. The molecule has 2 rings (SSSR count). The normalized spacial score (nSPS) is 37.8. The molecule has 0 spiro atoms. The average Bonchev–Trinajstić information content (AvgIpc) is 2.70. The molecule has 0 aromatic rings. The summed E-state index contributed by atoms with van der Waals surface area (Å²) in [5, 5.41) is 0. The van der Waals surface area contributed by atoms with Gasteiger partial charge in [-0.2, -0.15) is 0 Å². The zero-order valence-corrected chi connectivity index (χ0v) is 12.5. The lowest BCUT2D eigenvalue weighted by molar-refractivity contribution is -0.164. The summed E-state index contributed by atoms with van der Waals surface area (Å²) in [5.74, 6) is -0.357. The Hall–Kier alpha value is -1.14. The van der Waals surface area contributed by atoms with Crippen molar-refractivity contribution in [2.24, 2.45) is 11.8 Å². The molecule has 0 bridgehead atoms. The van der Waals surface area contributed by atoms with E-state index in [1.807, 2.05) is 20.8 Å². The third-order valence-corrected chi connectivity index (χ3v) is 4.37. The van der Waals surface area contributed by atoms with Gasteiger partial charge in [-0.05, 0) is 19.8 Å². The van der Waals surface area contributed by atoms with Crippen LogP contribution in [0.15, 0.2) is 0 Å². The first-order valence-electron chi connectivity index (χ1n) is 7.09. The highest BCUT2D eigenvalue weighted by atomic mass is 16.6. The Kier molecular flexibility index (Phi) is 4.65. The van der Waals surface area contributed by atoms with Crippen LogP contribution < -0.4 is 0 Å². The van der Waals surface area contributed by atoms with E-state index in [1.165, 1.54) is 7.11 Å². The predicted molar refractivity (Wildman–Crippen MR) is 71.0 cm³/mol. The fourth-order valence-electron chi connectivity index (χ4n) is 3.03. The van der Waals surface area contributed by atoms with Gasteiger partial charge in [0.25, 0.3) is 0 Å². The lowest BCUT2D eigenvalue weighted by Gasteiger charge is -2.34. The van der Waals surface area contributed by atoms with Gasteiger partial charge in [-0.3, -0.25) is 4.79 Å². The van der Waals surface area contributed by atoms with Gasteiger partial charge in [-0.25, -0.2) is 4.79 Å². The highest BCUT2D eigenvalue weighted by Gasteiger charge is 2.44. The number of hydrogen-bond acceptors (Lipinski definition) is 5. The van der Waals surface area contributed by atoms with Crippen LogP contribution in [0.2, 0.25) is 0 Å². The van der Waals surface area contributed by atoms with Gasteiger partial charge < -0.3 is 19.1 Å². The Morgan fingerprint density at radius 3 is 2.45 bits per heavy atom. The second-order valence-electron chi connectivity index (χ2n) is 5.60. The summed E-state index contributed by atoms with van der Waals surface area (Å²) >= 11 is 0. The minimum absolute atomic E-state index is 0.0477. The van der Waals surface area contributed by atoms with Crippen molar-refractivity contribution in [3.8, 4) is 0 Å². The van der Waals surface area contributed by atoms with E-state index in [1.54, 1.807) is 4.90 Å². The first-order valence-corrected chi connectivity index (χ1v) is 7.09. The van der Waals surface area contributed by atoms with Crippen molar-refractivity contribution in [3.05, 3.63) is 0 Å². The molecule has 5 unspecified atom stereocenters. The zero-order chi connectivity index (χ0) is 14.9. The molecule has 0 aromatic carbocycles. The van der Waals surface area contributed by atoms with Crippen molar-refractivity contribution < 1.29 is 23.8 Å². The first-order chi connectivity index (χ1) is 9.45. The maximum Gasteiger partial charge on any atom is 0.336 e. The SMILES string of the molecule is COC(=O)C1CN(C(=O)C2C(C)OC(C)C2C)CCO1. The quantitative estimate of drug-likeness (QED) is 0.689. The molecule has 1 amide bonds. The number of amides is 1. The summed E-state index contributed by atoms with van der Waals surface area (Å²) < 4.78 is 15.7. The van der Waals surface area contributed by atoms with Crippen molar-refractivity contribution in [3.63, 3.8) is 0 Å². The number of nitrogens with zero attached hydrogens (tertiary/aromatic N) is 1. The van der Waals surface area contributed by atoms with E-state index in [0.29, 0.717) is 13.2 Å². The number of ether oxygens (including phenoxy) is 3. The van der Waals surface area contributed by atoms with Gasteiger partial charge in [0.2, 0.25) is 5.91 Å².